The molecule has 0 saturated heterocycles. The fraction of sp³-hybridized carbons (Fsp3) is 0.133. The molecule has 0 saturated carbocycles. The van der Waals surface area contributed by atoms with Crippen molar-refractivity contribution in [1.82, 2.24) is 0 Å². The van der Waals surface area contributed by atoms with E-state index in [2.05, 4.69) is 6.58 Å². The molecule has 0 unspecified atom stereocenters. The van der Waals surface area contributed by atoms with Crippen LogP contribution in [0.15, 0.2) is 60.4 Å². The summed E-state index contributed by atoms with van der Waals surface area (Å²) in [7, 11) is 0. The molecule has 0 bridgehead atoms. The molecule has 19 heavy (non-hydrogen) atoms. The molecule has 0 spiro atoms. The molecule has 0 radical (unpaired) electrons. The highest BCUT2D eigenvalue weighted by Gasteiger charge is 2.09. The molecular formula is C15H14F2O2. The van der Waals surface area contributed by atoms with Gasteiger partial charge >= 0.3 is 5.97 Å². The van der Waals surface area contributed by atoms with E-state index < -0.39 is 17.6 Å². The molecule has 0 atom stereocenters. The average Bonchev–Trinajstić information content (AvgIpc) is 2.38. The second-order valence-electron chi connectivity index (χ2n) is 3.85. The Kier molecular flexibility index (Phi) is 5.18. The Labute approximate surface area is 110 Å². The summed E-state index contributed by atoms with van der Waals surface area (Å²) in [4.78, 5) is 11.6. The number of aryl methyl sites for hydroxylation is 1. The zero-order valence-electron chi connectivity index (χ0n) is 10.7. The fourth-order valence-electron chi connectivity index (χ4n) is 1.25. The van der Waals surface area contributed by atoms with E-state index in [-0.39, 0.29) is 5.76 Å². The lowest BCUT2D eigenvalue weighted by molar-refractivity contribution is 0.0638. The van der Waals surface area contributed by atoms with Gasteiger partial charge in [-0.25, -0.2) is 13.6 Å². The number of hydrogen-bond acceptors (Lipinski definition) is 2. The minimum atomic E-state index is -1.13. The van der Waals surface area contributed by atoms with Crippen molar-refractivity contribution in [1.29, 1.82) is 0 Å². The van der Waals surface area contributed by atoms with Crippen LogP contribution in [-0.2, 0) is 4.74 Å². The summed E-state index contributed by atoms with van der Waals surface area (Å²) in [6, 6.07) is 6.65. The van der Waals surface area contributed by atoms with Gasteiger partial charge < -0.3 is 4.74 Å². The maximum Gasteiger partial charge on any atom is 0.343 e. The third-order valence-electron chi connectivity index (χ3n) is 2.28. The van der Waals surface area contributed by atoms with Gasteiger partial charge in [-0.1, -0.05) is 24.3 Å². The highest BCUT2D eigenvalue weighted by molar-refractivity contribution is 5.90. The van der Waals surface area contributed by atoms with E-state index in [0.29, 0.717) is 5.56 Å². The SMILES string of the molecule is C=C(/C=C(F)\C(F)=C/C)OC(=O)c1ccc(C)cc1. The number of carbonyl (C=O) groups excluding carboxylic acids is 1. The lowest BCUT2D eigenvalue weighted by Crippen LogP contribution is -2.03. The van der Waals surface area contributed by atoms with Crippen molar-refractivity contribution in [2.24, 2.45) is 0 Å². The van der Waals surface area contributed by atoms with E-state index >= 15 is 0 Å². The van der Waals surface area contributed by atoms with Gasteiger partial charge in [0.1, 0.15) is 5.76 Å². The number of allylic oxidation sites excluding steroid dienone is 4. The highest BCUT2D eigenvalue weighted by atomic mass is 19.2. The van der Waals surface area contributed by atoms with E-state index in [1.54, 1.807) is 24.3 Å². The molecule has 1 aromatic carbocycles. The second-order valence-corrected chi connectivity index (χ2v) is 3.85. The summed E-state index contributed by atoms with van der Waals surface area (Å²) in [5.41, 5.74) is 1.31. The summed E-state index contributed by atoms with van der Waals surface area (Å²) in [5, 5.41) is 0. The first-order valence-corrected chi connectivity index (χ1v) is 5.61. The van der Waals surface area contributed by atoms with Crippen LogP contribution >= 0.6 is 0 Å². The Hall–Kier alpha value is -2.23. The first kappa shape index (κ1) is 14.8. The van der Waals surface area contributed by atoms with Gasteiger partial charge in [-0.3, -0.25) is 0 Å². The molecular weight excluding hydrogens is 250 g/mol. The van der Waals surface area contributed by atoms with E-state index in [1.807, 2.05) is 6.92 Å². The molecule has 0 aromatic heterocycles. The van der Waals surface area contributed by atoms with E-state index in [9.17, 15) is 13.6 Å². The predicted molar refractivity (Wildman–Crippen MR) is 69.8 cm³/mol. The van der Waals surface area contributed by atoms with Crippen LogP contribution in [0.3, 0.4) is 0 Å². The van der Waals surface area contributed by atoms with Gasteiger partial charge in [0.05, 0.1) is 5.56 Å². The van der Waals surface area contributed by atoms with E-state index in [1.165, 1.54) is 6.92 Å². The summed E-state index contributed by atoms with van der Waals surface area (Å²) in [5.74, 6) is -3.10. The third-order valence-corrected chi connectivity index (χ3v) is 2.28. The smallest absolute Gasteiger partial charge is 0.343 e. The Morgan fingerprint density at radius 3 is 2.32 bits per heavy atom. The lowest BCUT2D eigenvalue weighted by atomic mass is 10.1. The van der Waals surface area contributed by atoms with Crippen molar-refractivity contribution < 1.29 is 18.3 Å². The van der Waals surface area contributed by atoms with Crippen molar-refractivity contribution in [3.05, 3.63) is 71.5 Å². The van der Waals surface area contributed by atoms with Crippen LogP contribution in [0.25, 0.3) is 0 Å². The van der Waals surface area contributed by atoms with E-state index in [4.69, 9.17) is 4.74 Å². The first-order chi connectivity index (χ1) is 8.93. The van der Waals surface area contributed by atoms with Gasteiger partial charge in [0.2, 0.25) is 0 Å². The van der Waals surface area contributed by atoms with Gasteiger partial charge in [-0.05, 0) is 32.1 Å². The molecule has 0 heterocycles. The van der Waals surface area contributed by atoms with Crippen LogP contribution in [0.1, 0.15) is 22.8 Å². The number of halogens is 2. The Balaban J connectivity index is 2.72. The number of carbonyl (C=O) groups is 1. The molecule has 100 valence electrons. The predicted octanol–water partition coefficient (Wildman–Crippen LogP) is 4.39. The van der Waals surface area contributed by atoms with Crippen molar-refractivity contribution in [3.63, 3.8) is 0 Å². The van der Waals surface area contributed by atoms with Crippen LogP contribution in [0.5, 0.6) is 0 Å². The van der Waals surface area contributed by atoms with Crippen molar-refractivity contribution in [2.75, 3.05) is 0 Å². The van der Waals surface area contributed by atoms with Crippen LogP contribution < -0.4 is 0 Å². The molecule has 0 amide bonds. The quantitative estimate of drug-likeness (QED) is 0.458. The number of esters is 1. The Bertz CT molecular complexity index is 540. The number of benzene rings is 1. The summed E-state index contributed by atoms with van der Waals surface area (Å²) in [6.07, 6.45) is 1.68. The number of rotatable bonds is 4. The normalized spacial score (nSPS) is 12.2. The number of ether oxygens (including phenoxy) is 1. The van der Waals surface area contributed by atoms with Crippen molar-refractivity contribution in [2.45, 2.75) is 13.8 Å². The maximum absolute atomic E-state index is 13.1. The number of hydrogen-bond donors (Lipinski definition) is 0. The van der Waals surface area contributed by atoms with Crippen LogP contribution in [0.4, 0.5) is 8.78 Å². The molecule has 1 aromatic rings. The summed E-state index contributed by atoms with van der Waals surface area (Å²) in [6.45, 7) is 6.57. The minimum absolute atomic E-state index is 0.264. The van der Waals surface area contributed by atoms with E-state index in [0.717, 1.165) is 17.7 Å². The second kappa shape index (κ2) is 6.64. The zero-order valence-corrected chi connectivity index (χ0v) is 10.7. The van der Waals surface area contributed by atoms with Gasteiger partial charge in [0, 0.05) is 6.08 Å². The Morgan fingerprint density at radius 2 is 1.79 bits per heavy atom. The maximum atomic E-state index is 13.1. The van der Waals surface area contributed by atoms with Crippen molar-refractivity contribution >= 4 is 5.97 Å². The van der Waals surface area contributed by atoms with Crippen LogP contribution in [0.2, 0.25) is 0 Å². The highest BCUT2D eigenvalue weighted by Crippen LogP contribution is 2.16. The van der Waals surface area contributed by atoms with Crippen LogP contribution in [-0.4, -0.2) is 5.97 Å². The van der Waals surface area contributed by atoms with Gasteiger partial charge in [-0.2, -0.15) is 0 Å². The van der Waals surface area contributed by atoms with Crippen molar-refractivity contribution in [3.8, 4) is 0 Å². The molecule has 4 heteroatoms. The summed E-state index contributed by atoms with van der Waals surface area (Å²) < 4.78 is 30.7. The van der Waals surface area contributed by atoms with Gasteiger partial charge in [-0.15, -0.1) is 0 Å². The molecule has 0 aliphatic rings. The largest absolute Gasteiger partial charge is 0.423 e. The van der Waals surface area contributed by atoms with Crippen LogP contribution in [0, 0.1) is 6.92 Å². The molecule has 1 rings (SSSR count). The topological polar surface area (TPSA) is 26.3 Å². The zero-order chi connectivity index (χ0) is 14.4. The average molecular weight is 264 g/mol. The lowest BCUT2D eigenvalue weighted by Gasteiger charge is -2.04. The summed E-state index contributed by atoms with van der Waals surface area (Å²) >= 11 is 0. The van der Waals surface area contributed by atoms with Gasteiger partial charge in [0.15, 0.2) is 11.7 Å². The molecule has 0 aliphatic carbocycles. The third kappa shape index (κ3) is 4.50. The molecule has 2 nitrogen and oxygen atoms in total. The first-order valence-electron chi connectivity index (χ1n) is 5.61. The monoisotopic (exact) mass is 264 g/mol. The van der Waals surface area contributed by atoms with Gasteiger partial charge in [0.25, 0.3) is 0 Å². The molecule has 0 N–H and O–H groups in total. The standard InChI is InChI=1S/C15H14F2O2/c1-4-13(16)14(17)9-11(3)19-15(18)12-7-5-10(2)6-8-12/h4-9H,3H2,1-2H3/b13-4+,14-9+. The molecule has 0 aliphatic heterocycles. The fourth-order valence-corrected chi connectivity index (χ4v) is 1.25. The molecule has 0 fully saturated rings. The minimum Gasteiger partial charge on any atom is -0.423 e. The Morgan fingerprint density at radius 1 is 1.21 bits per heavy atom.